The van der Waals surface area contributed by atoms with Gasteiger partial charge in [0.2, 0.25) is 0 Å². The Bertz CT molecular complexity index is 1190. The molecule has 1 aliphatic heterocycles. The van der Waals surface area contributed by atoms with Crippen molar-refractivity contribution in [3.05, 3.63) is 59.3 Å². The number of rotatable bonds is 4. The molecule has 148 valence electrons. The number of hydrogen-bond acceptors (Lipinski definition) is 6. The van der Waals surface area contributed by atoms with Crippen LogP contribution in [0.4, 0.5) is 0 Å². The molecule has 5 rings (SSSR count). The van der Waals surface area contributed by atoms with Gasteiger partial charge in [0, 0.05) is 31.0 Å². The molecule has 0 spiro atoms. The van der Waals surface area contributed by atoms with Crippen LogP contribution in [0.25, 0.3) is 16.8 Å². The Hall–Kier alpha value is -3.10. The summed E-state index contributed by atoms with van der Waals surface area (Å²) in [5.41, 5.74) is 3.42. The number of nitrogens with zero attached hydrogens (tertiary/aromatic N) is 5. The van der Waals surface area contributed by atoms with Gasteiger partial charge in [-0.2, -0.15) is 10.2 Å². The molecule has 1 aliphatic rings. The highest BCUT2D eigenvalue weighted by Gasteiger charge is 2.23. The average molecular weight is 411 g/mol. The summed E-state index contributed by atoms with van der Waals surface area (Å²) in [6.45, 7) is 4.03. The van der Waals surface area contributed by atoms with Crippen molar-refractivity contribution in [1.82, 2.24) is 29.7 Å². The quantitative estimate of drug-likeness (QED) is 0.537. The van der Waals surface area contributed by atoms with Crippen LogP contribution < -0.4 is 10.1 Å². The van der Waals surface area contributed by atoms with Crippen molar-refractivity contribution in [3.8, 4) is 22.8 Å². The molecule has 0 unspecified atom stereocenters. The fraction of sp³-hybridized carbons (Fsp3) is 0.250. The van der Waals surface area contributed by atoms with E-state index in [1.54, 1.807) is 23.1 Å². The first-order chi connectivity index (χ1) is 14.1. The van der Waals surface area contributed by atoms with Gasteiger partial charge in [0.25, 0.3) is 0 Å². The SMILES string of the molecule is C[C@@H](Oc1cc(-c2nn3c(c2O)CNCC3)cn2ncc(Cl)c12)c1ccccn1. The molecular weight excluding hydrogens is 392 g/mol. The number of halogens is 1. The normalized spacial score (nSPS) is 14.7. The van der Waals surface area contributed by atoms with Crippen molar-refractivity contribution in [2.45, 2.75) is 26.1 Å². The number of pyridine rings is 2. The second-order valence-corrected chi connectivity index (χ2v) is 7.34. The van der Waals surface area contributed by atoms with Crippen LogP contribution in [0.5, 0.6) is 11.5 Å². The van der Waals surface area contributed by atoms with Crippen molar-refractivity contribution in [2.75, 3.05) is 6.54 Å². The van der Waals surface area contributed by atoms with E-state index in [2.05, 4.69) is 20.5 Å². The van der Waals surface area contributed by atoms with Crippen LogP contribution in [-0.4, -0.2) is 36.0 Å². The summed E-state index contributed by atoms with van der Waals surface area (Å²) in [4.78, 5) is 4.36. The summed E-state index contributed by atoms with van der Waals surface area (Å²) in [5, 5.41) is 23.4. The number of nitrogens with one attached hydrogen (secondary N) is 1. The van der Waals surface area contributed by atoms with Crippen molar-refractivity contribution < 1.29 is 9.84 Å². The zero-order valence-corrected chi connectivity index (χ0v) is 16.5. The van der Waals surface area contributed by atoms with E-state index < -0.39 is 0 Å². The third-order valence-corrected chi connectivity index (χ3v) is 5.31. The van der Waals surface area contributed by atoms with E-state index >= 15 is 0 Å². The fourth-order valence-electron chi connectivity index (χ4n) is 3.57. The second kappa shape index (κ2) is 7.06. The first kappa shape index (κ1) is 18.0. The van der Waals surface area contributed by atoms with Crippen LogP contribution in [0.15, 0.2) is 42.9 Å². The molecule has 0 radical (unpaired) electrons. The lowest BCUT2D eigenvalue weighted by atomic mass is 10.1. The fourth-order valence-corrected chi connectivity index (χ4v) is 3.79. The van der Waals surface area contributed by atoms with Gasteiger partial charge in [-0.1, -0.05) is 17.7 Å². The van der Waals surface area contributed by atoms with E-state index in [0.717, 1.165) is 17.9 Å². The first-order valence-corrected chi connectivity index (χ1v) is 9.74. The molecule has 9 heteroatoms. The minimum absolute atomic E-state index is 0.165. The minimum atomic E-state index is -0.297. The standard InChI is InChI=1S/C20H19ClN6O2/c1-12(15-4-2-3-5-23-15)29-17-8-13(11-27-19(17)14(21)9-24-27)18-20(28)16-10-22-6-7-26(16)25-18/h2-5,8-9,11-12,22,28H,6-7,10H2,1H3/t12-/m1/s1. The predicted octanol–water partition coefficient (Wildman–Crippen LogP) is 3.20. The Morgan fingerprint density at radius 2 is 2.24 bits per heavy atom. The average Bonchev–Trinajstić information content (AvgIpc) is 3.29. The van der Waals surface area contributed by atoms with Crippen molar-refractivity contribution >= 4 is 17.1 Å². The van der Waals surface area contributed by atoms with E-state index in [0.29, 0.717) is 40.6 Å². The van der Waals surface area contributed by atoms with Crippen molar-refractivity contribution in [1.29, 1.82) is 0 Å². The first-order valence-electron chi connectivity index (χ1n) is 9.36. The van der Waals surface area contributed by atoms with Crippen LogP contribution in [0.1, 0.15) is 24.4 Å². The molecular formula is C20H19ClN6O2. The third-order valence-electron chi connectivity index (χ3n) is 5.04. The van der Waals surface area contributed by atoms with E-state index in [1.807, 2.05) is 35.9 Å². The smallest absolute Gasteiger partial charge is 0.166 e. The summed E-state index contributed by atoms with van der Waals surface area (Å²) < 4.78 is 9.70. The highest BCUT2D eigenvalue weighted by molar-refractivity contribution is 6.34. The summed E-state index contributed by atoms with van der Waals surface area (Å²) in [6.07, 6.45) is 4.80. The highest BCUT2D eigenvalue weighted by Crippen LogP contribution is 2.38. The van der Waals surface area contributed by atoms with Crippen molar-refractivity contribution in [2.24, 2.45) is 0 Å². The maximum absolute atomic E-state index is 10.7. The van der Waals surface area contributed by atoms with Gasteiger partial charge < -0.3 is 15.2 Å². The molecule has 4 aromatic rings. The van der Waals surface area contributed by atoms with Crippen LogP contribution in [0.3, 0.4) is 0 Å². The Morgan fingerprint density at radius 3 is 3.03 bits per heavy atom. The molecule has 0 saturated carbocycles. The van der Waals surface area contributed by atoms with Gasteiger partial charge in [0.1, 0.15) is 23.1 Å². The Balaban J connectivity index is 1.61. The van der Waals surface area contributed by atoms with Crippen LogP contribution >= 0.6 is 11.6 Å². The molecule has 1 atom stereocenters. The highest BCUT2D eigenvalue weighted by atomic mass is 35.5. The molecule has 5 heterocycles. The topological polar surface area (TPSA) is 89.5 Å². The number of aromatic nitrogens is 5. The molecule has 29 heavy (non-hydrogen) atoms. The molecule has 0 bridgehead atoms. The second-order valence-electron chi connectivity index (χ2n) is 6.94. The largest absolute Gasteiger partial charge is 0.504 e. The van der Waals surface area contributed by atoms with Gasteiger partial charge in [0.15, 0.2) is 5.75 Å². The maximum atomic E-state index is 10.7. The summed E-state index contributed by atoms with van der Waals surface area (Å²) in [6, 6.07) is 7.53. The summed E-state index contributed by atoms with van der Waals surface area (Å²) >= 11 is 6.36. The van der Waals surface area contributed by atoms with E-state index in [1.165, 1.54) is 0 Å². The minimum Gasteiger partial charge on any atom is -0.504 e. The Morgan fingerprint density at radius 1 is 1.34 bits per heavy atom. The van der Waals surface area contributed by atoms with Gasteiger partial charge in [-0.25, -0.2) is 4.52 Å². The maximum Gasteiger partial charge on any atom is 0.166 e. The number of aromatic hydroxyl groups is 1. The van der Waals surface area contributed by atoms with Gasteiger partial charge in [-0.05, 0) is 25.1 Å². The van der Waals surface area contributed by atoms with Gasteiger partial charge in [0.05, 0.1) is 29.2 Å². The molecule has 0 fully saturated rings. The molecule has 2 N–H and O–H groups in total. The molecule has 0 saturated heterocycles. The van der Waals surface area contributed by atoms with E-state index in [9.17, 15) is 5.11 Å². The zero-order valence-electron chi connectivity index (χ0n) is 15.7. The predicted molar refractivity (Wildman–Crippen MR) is 108 cm³/mol. The van der Waals surface area contributed by atoms with Gasteiger partial charge in [-0.15, -0.1) is 0 Å². The van der Waals surface area contributed by atoms with E-state index in [-0.39, 0.29) is 11.9 Å². The molecule has 8 nitrogen and oxygen atoms in total. The number of hydrogen-bond donors (Lipinski definition) is 2. The van der Waals surface area contributed by atoms with Gasteiger partial charge in [-0.3, -0.25) is 9.67 Å². The lowest BCUT2D eigenvalue weighted by molar-refractivity contribution is 0.224. The lowest BCUT2D eigenvalue weighted by Gasteiger charge is -2.16. The van der Waals surface area contributed by atoms with Crippen LogP contribution in [0.2, 0.25) is 5.02 Å². The molecule has 4 aromatic heterocycles. The van der Waals surface area contributed by atoms with E-state index in [4.69, 9.17) is 16.3 Å². The monoisotopic (exact) mass is 410 g/mol. The lowest BCUT2D eigenvalue weighted by Crippen LogP contribution is -2.28. The summed E-state index contributed by atoms with van der Waals surface area (Å²) in [5.74, 6) is 0.713. The molecule has 0 amide bonds. The molecule has 0 aromatic carbocycles. The Kier molecular flexibility index (Phi) is 4.37. The Labute approximate surface area is 171 Å². The summed E-state index contributed by atoms with van der Waals surface area (Å²) in [7, 11) is 0. The van der Waals surface area contributed by atoms with Gasteiger partial charge >= 0.3 is 0 Å². The molecule has 0 aliphatic carbocycles. The number of fused-ring (bicyclic) bond motifs is 2. The van der Waals surface area contributed by atoms with Crippen LogP contribution in [0, 0.1) is 0 Å². The van der Waals surface area contributed by atoms with Crippen LogP contribution in [-0.2, 0) is 13.1 Å². The zero-order chi connectivity index (χ0) is 20.0. The van der Waals surface area contributed by atoms with Crippen molar-refractivity contribution in [3.63, 3.8) is 0 Å². The third kappa shape index (κ3) is 3.10. The number of ether oxygens (including phenoxy) is 1.